The van der Waals surface area contributed by atoms with Gasteiger partial charge in [0.25, 0.3) is 0 Å². The van der Waals surface area contributed by atoms with Crippen LogP contribution in [0.3, 0.4) is 0 Å². The minimum absolute atomic E-state index is 0.0594. The summed E-state index contributed by atoms with van der Waals surface area (Å²) in [4.78, 5) is 0. The van der Waals surface area contributed by atoms with Crippen LogP contribution in [0.1, 0.15) is 44.9 Å². The highest BCUT2D eigenvalue weighted by atomic mass is 28.4. The fourth-order valence-corrected chi connectivity index (χ4v) is 3.08. The van der Waals surface area contributed by atoms with Crippen molar-refractivity contribution in [1.82, 2.24) is 5.32 Å². The van der Waals surface area contributed by atoms with Crippen LogP contribution in [0, 0.1) is 6.92 Å². The van der Waals surface area contributed by atoms with Crippen molar-refractivity contribution in [2.45, 2.75) is 58.8 Å². The van der Waals surface area contributed by atoms with Gasteiger partial charge in [-0.3, -0.25) is 0 Å². The molecule has 0 saturated heterocycles. The average Bonchev–Trinajstić information content (AvgIpc) is 2.40. The van der Waals surface area contributed by atoms with E-state index in [4.69, 9.17) is 10.2 Å². The van der Waals surface area contributed by atoms with E-state index in [0.29, 0.717) is 12.3 Å². The molecule has 1 aromatic rings. The van der Waals surface area contributed by atoms with Gasteiger partial charge in [0.2, 0.25) is 8.32 Å². The molecule has 0 amide bonds. The average molecular weight is 325 g/mol. The molecule has 1 rings (SSSR count). The summed E-state index contributed by atoms with van der Waals surface area (Å²) in [5, 5.41) is 13.9. The number of rotatable bonds is 6. The lowest BCUT2D eigenvalue weighted by atomic mass is 10.0. The Bertz CT molecular complexity index is 510. The first kappa shape index (κ1) is 19.0. The molecule has 1 unspecified atom stereocenters. The van der Waals surface area contributed by atoms with Crippen LogP contribution in [-0.2, 0) is 0 Å². The van der Waals surface area contributed by atoms with Gasteiger partial charge in [0.15, 0.2) is 0 Å². The number of hydrogen-bond acceptors (Lipinski definition) is 4. The molecule has 126 valence electrons. The Hall–Kier alpha value is -1.04. The molecule has 4 nitrogen and oxygen atoms in total. The van der Waals surface area contributed by atoms with Crippen LogP contribution in [0.25, 0.3) is 0 Å². The van der Waals surface area contributed by atoms with Gasteiger partial charge in [-0.05, 0) is 38.0 Å². The number of benzene rings is 1. The molecule has 22 heavy (non-hydrogen) atoms. The molecule has 0 fully saturated rings. The van der Waals surface area contributed by atoms with Crippen LogP contribution in [0.15, 0.2) is 12.1 Å². The molecular formula is C17H32N2O2Si. The molecule has 0 spiro atoms. The monoisotopic (exact) mass is 324 g/mol. The molecule has 1 aromatic carbocycles. The lowest BCUT2D eigenvalue weighted by molar-refractivity contribution is 0.438. The third-order valence-electron chi connectivity index (χ3n) is 4.65. The van der Waals surface area contributed by atoms with Crippen molar-refractivity contribution in [2.75, 3.05) is 13.1 Å². The molecule has 1 atom stereocenters. The molecule has 5 heteroatoms. The summed E-state index contributed by atoms with van der Waals surface area (Å²) in [5.74, 6) is 1.10. The third-order valence-corrected chi connectivity index (χ3v) is 8.99. The highest BCUT2D eigenvalue weighted by Crippen LogP contribution is 2.40. The van der Waals surface area contributed by atoms with Crippen molar-refractivity contribution in [3.05, 3.63) is 23.3 Å². The van der Waals surface area contributed by atoms with Crippen molar-refractivity contribution in [2.24, 2.45) is 5.73 Å². The zero-order valence-electron chi connectivity index (χ0n) is 15.1. The van der Waals surface area contributed by atoms with Crippen LogP contribution in [0.2, 0.25) is 18.1 Å². The van der Waals surface area contributed by atoms with E-state index >= 15 is 0 Å². The van der Waals surface area contributed by atoms with Gasteiger partial charge in [0, 0.05) is 30.3 Å². The fraction of sp³-hybridized carbons (Fsp3) is 0.647. The van der Waals surface area contributed by atoms with Crippen LogP contribution in [0.5, 0.6) is 11.5 Å². The zero-order valence-corrected chi connectivity index (χ0v) is 16.1. The second-order valence-electron chi connectivity index (χ2n) is 7.45. The molecule has 4 N–H and O–H groups in total. The Balaban J connectivity index is 3.05. The van der Waals surface area contributed by atoms with Crippen LogP contribution in [-0.4, -0.2) is 26.5 Å². The quantitative estimate of drug-likeness (QED) is 0.698. The minimum atomic E-state index is -1.91. The van der Waals surface area contributed by atoms with Gasteiger partial charge in [0.1, 0.15) is 11.5 Å². The van der Waals surface area contributed by atoms with E-state index in [1.54, 1.807) is 0 Å². The molecule has 0 aliphatic heterocycles. The molecule has 0 aliphatic rings. The Kier molecular flexibility index (Phi) is 6.07. The maximum atomic E-state index is 10.5. The number of nitrogens with one attached hydrogen (secondary N) is 1. The standard InChI is InChI=1S/C17H32N2O2Si/c1-12-15(21-22(6,7)17(3,4)5)9-8-14(16(12)20)13(2)19-11-10-18/h8-9,13,19-20H,10-11,18H2,1-7H3. The normalized spacial score (nSPS) is 14.0. The Labute approximate surface area is 136 Å². The van der Waals surface area contributed by atoms with Crippen LogP contribution in [0.4, 0.5) is 0 Å². The van der Waals surface area contributed by atoms with Gasteiger partial charge in [-0.1, -0.05) is 26.8 Å². The van der Waals surface area contributed by atoms with E-state index < -0.39 is 8.32 Å². The minimum Gasteiger partial charge on any atom is -0.543 e. The molecule has 0 heterocycles. The van der Waals surface area contributed by atoms with Crippen molar-refractivity contribution in [1.29, 1.82) is 0 Å². The second kappa shape index (κ2) is 7.02. The van der Waals surface area contributed by atoms with E-state index in [9.17, 15) is 5.11 Å². The summed E-state index contributed by atoms with van der Waals surface area (Å²) in [5.41, 5.74) is 7.21. The number of phenolic OH excluding ortho intramolecular Hbond substituents is 1. The van der Waals surface area contributed by atoms with Gasteiger partial charge < -0.3 is 20.6 Å². The number of aromatic hydroxyl groups is 1. The third kappa shape index (κ3) is 4.24. The lowest BCUT2D eigenvalue weighted by Gasteiger charge is -2.37. The van der Waals surface area contributed by atoms with Crippen molar-refractivity contribution in [3.8, 4) is 11.5 Å². The van der Waals surface area contributed by atoms with E-state index in [-0.39, 0.29) is 11.1 Å². The SMILES string of the molecule is Cc1c(O[Si](C)(C)C(C)(C)C)ccc(C(C)NCCN)c1O. The number of nitrogens with two attached hydrogens (primary N) is 1. The van der Waals surface area contributed by atoms with Crippen LogP contribution < -0.4 is 15.5 Å². The smallest absolute Gasteiger partial charge is 0.250 e. The molecular weight excluding hydrogens is 292 g/mol. The summed E-state index contributed by atoms with van der Waals surface area (Å²) in [6, 6.07) is 3.98. The maximum absolute atomic E-state index is 10.5. The Morgan fingerprint density at radius 1 is 1.32 bits per heavy atom. The van der Waals surface area contributed by atoms with E-state index in [2.05, 4.69) is 39.2 Å². The first-order valence-electron chi connectivity index (χ1n) is 7.96. The summed E-state index contributed by atoms with van der Waals surface area (Å²) in [7, 11) is -1.91. The lowest BCUT2D eigenvalue weighted by Crippen LogP contribution is -2.44. The Morgan fingerprint density at radius 3 is 2.41 bits per heavy atom. The van der Waals surface area contributed by atoms with E-state index in [1.165, 1.54) is 0 Å². The molecule has 0 aromatic heterocycles. The summed E-state index contributed by atoms with van der Waals surface area (Å²) < 4.78 is 6.33. The van der Waals surface area contributed by atoms with Crippen molar-refractivity contribution >= 4 is 8.32 Å². The van der Waals surface area contributed by atoms with Crippen molar-refractivity contribution < 1.29 is 9.53 Å². The maximum Gasteiger partial charge on any atom is 0.250 e. The van der Waals surface area contributed by atoms with Gasteiger partial charge in [0.05, 0.1) is 0 Å². The fourth-order valence-electron chi connectivity index (χ4n) is 2.00. The first-order valence-corrected chi connectivity index (χ1v) is 10.9. The van der Waals surface area contributed by atoms with Gasteiger partial charge in [-0.25, -0.2) is 0 Å². The topological polar surface area (TPSA) is 67.5 Å². The van der Waals surface area contributed by atoms with E-state index in [0.717, 1.165) is 23.4 Å². The van der Waals surface area contributed by atoms with Gasteiger partial charge in [-0.15, -0.1) is 0 Å². The summed E-state index contributed by atoms with van der Waals surface area (Å²) >= 11 is 0. The molecule has 0 bridgehead atoms. The highest BCUT2D eigenvalue weighted by molar-refractivity contribution is 6.74. The molecule has 0 radical (unpaired) electrons. The number of hydrogen-bond donors (Lipinski definition) is 3. The predicted octanol–water partition coefficient (Wildman–Crippen LogP) is 3.69. The Morgan fingerprint density at radius 2 is 1.91 bits per heavy atom. The van der Waals surface area contributed by atoms with Gasteiger partial charge >= 0.3 is 0 Å². The largest absolute Gasteiger partial charge is 0.543 e. The highest BCUT2D eigenvalue weighted by Gasteiger charge is 2.39. The van der Waals surface area contributed by atoms with Crippen LogP contribution >= 0.6 is 0 Å². The predicted molar refractivity (Wildman–Crippen MR) is 96.1 cm³/mol. The van der Waals surface area contributed by atoms with E-state index in [1.807, 2.05) is 26.0 Å². The second-order valence-corrected chi connectivity index (χ2v) is 12.2. The van der Waals surface area contributed by atoms with Gasteiger partial charge in [-0.2, -0.15) is 0 Å². The molecule has 0 aliphatic carbocycles. The summed E-state index contributed by atoms with van der Waals surface area (Å²) in [6.45, 7) is 16.3. The van der Waals surface area contributed by atoms with Crippen molar-refractivity contribution in [3.63, 3.8) is 0 Å². The number of phenols is 1. The first-order chi connectivity index (χ1) is 10.0. The zero-order chi connectivity index (χ0) is 17.1. The summed E-state index contributed by atoms with van der Waals surface area (Å²) in [6.07, 6.45) is 0. The molecule has 0 saturated carbocycles.